The van der Waals surface area contributed by atoms with Gasteiger partial charge in [0.2, 0.25) is 0 Å². The standard InChI is InChI=1S/C17H17N5O/c1-12(20-17(23)22-15-9-5-6-10-18-15)16-19-11-14(21-16)13-7-3-2-4-8-13/h2-12H,1H3,(H,19,21)(H2,18,20,22,23). The molecular weight excluding hydrogens is 290 g/mol. The van der Waals surface area contributed by atoms with Crippen LogP contribution in [0.15, 0.2) is 60.9 Å². The zero-order valence-electron chi connectivity index (χ0n) is 12.7. The summed E-state index contributed by atoms with van der Waals surface area (Å²) in [7, 11) is 0. The molecule has 2 amide bonds. The number of urea groups is 1. The number of pyridine rings is 1. The van der Waals surface area contributed by atoms with Crippen LogP contribution in [-0.4, -0.2) is 21.0 Å². The van der Waals surface area contributed by atoms with Gasteiger partial charge in [0.15, 0.2) is 0 Å². The number of hydrogen-bond acceptors (Lipinski definition) is 3. The van der Waals surface area contributed by atoms with Gasteiger partial charge in [0.05, 0.1) is 17.9 Å². The number of carbonyl (C=O) groups excluding carboxylic acids is 1. The summed E-state index contributed by atoms with van der Waals surface area (Å²) in [5.41, 5.74) is 1.97. The molecule has 0 aliphatic rings. The maximum atomic E-state index is 12.0. The number of aromatic amines is 1. The lowest BCUT2D eigenvalue weighted by atomic mass is 10.2. The number of amides is 2. The molecule has 23 heavy (non-hydrogen) atoms. The predicted octanol–water partition coefficient (Wildman–Crippen LogP) is 3.35. The zero-order chi connectivity index (χ0) is 16.1. The molecule has 0 fully saturated rings. The van der Waals surface area contributed by atoms with Crippen molar-refractivity contribution in [2.45, 2.75) is 13.0 Å². The fourth-order valence-electron chi connectivity index (χ4n) is 2.18. The van der Waals surface area contributed by atoms with Crippen molar-refractivity contribution in [3.05, 3.63) is 66.7 Å². The summed E-state index contributed by atoms with van der Waals surface area (Å²) in [5.74, 6) is 1.20. The van der Waals surface area contributed by atoms with Gasteiger partial charge in [0.25, 0.3) is 0 Å². The van der Waals surface area contributed by atoms with Gasteiger partial charge in [-0.25, -0.2) is 14.8 Å². The highest BCUT2D eigenvalue weighted by Crippen LogP contribution is 2.18. The third kappa shape index (κ3) is 3.74. The van der Waals surface area contributed by atoms with Crippen LogP contribution < -0.4 is 10.6 Å². The van der Waals surface area contributed by atoms with E-state index in [4.69, 9.17) is 0 Å². The van der Waals surface area contributed by atoms with Gasteiger partial charge in [0.1, 0.15) is 11.6 Å². The van der Waals surface area contributed by atoms with E-state index in [1.807, 2.05) is 43.3 Å². The number of nitrogens with zero attached hydrogens (tertiary/aromatic N) is 2. The molecule has 2 heterocycles. The van der Waals surface area contributed by atoms with Crippen molar-refractivity contribution in [2.24, 2.45) is 0 Å². The Morgan fingerprint density at radius 3 is 2.61 bits per heavy atom. The molecule has 0 aliphatic carbocycles. The number of hydrogen-bond donors (Lipinski definition) is 3. The molecule has 0 saturated carbocycles. The Hall–Kier alpha value is -3.15. The van der Waals surface area contributed by atoms with E-state index in [-0.39, 0.29) is 12.1 Å². The first-order valence-corrected chi connectivity index (χ1v) is 7.31. The van der Waals surface area contributed by atoms with Crippen LogP contribution >= 0.6 is 0 Å². The van der Waals surface area contributed by atoms with E-state index in [1.165, 1.54) is 0 Å². The third-order valence-corrected chi connectivity index (χ3v) is 3.34. The molecule has 3 aromatic rings. The molecule has 3 N–H and O–H groups in total. The molecule has 2 aromatic heterocycles. The monoisotopic (exact) mass is 307 g/mol. The lowest BCUT2D eigenvalue weighted by Gasteiger charge is -2.12. The molecule has 1 unspecified atom stereocenters. The van der Waals surface area contributed by atoms with Gasteiger partial charge in [-0.1, -0.05) is 36.4 Å². The molecule has 3 rings (SSSR count). The largest absolute Gasteiger partial charge is 0.340 e. The number of rotatable bonds is 4. The van der Waals surface area contributed by atoms with Crippen molar-refractivity contribution in [3.8, 4) is 11.3 Å². The van der Waals surface area contributed by atoms with E-state index in [0.29, 0.717) is 11.6 Å². The van der Waals surface area contributed by atoms with E-state index >= 15 is 0 Å². The van der Waals surface area contributed by atoms with Crippen molar-refractivity contribution in [2.75, 3.05) is 5.32 Å². The highest BCUT2D eigenvalue weighted by Gasteiger charge is 2.13. The summed E-state index contributed by atoms with van der Waals surface area (Å²) in [6.07, 6.45) is 3.39. The number of anilines is 1. The fourth-order valence-corrected chi connectivity index (χ4v) is 2.18. The Morgan fingerprint density at radius 1 is 1.09 bits per heavy atom. The smallest absolute Gasteiger partial charge is 0.320 e. The number of carbonyl (C=O) groups is 1. The minimum atomic E-state index is -0.325. The van der Waals surface area contributed by atoms with Crippen molar-refractivity contribution >= 4 is 11.8 Å². The van der Waals surface area contributed by atoms with Crippen molar-refractivity contribution in [1.29, 1.82) is 0 Å². The normalized spacial score (nSPS) is 11.7. The van der Waals surface area contributed by atoms with Crippen LogP contribution in [0, 0.1) is 0 Å². The number of nitrogens with one attached hydrogen (secondary N) is 3. The second-order valence-electron chi connectivity index (χ2n) is 5.08. The molecule has 0 bridgehead atoms. The first-order valence-electron chi connectivity index (χ1n) is 7.31. The number of imidazole rings is 1. The number of aromatic nitrogens is 3. The molecular formula is C17H17N5O. The highest BCUT2D eigenvalue weighted by atomic mass is 16.2. The second-order valence-corrected chi connectivity index (χ2v) is 5.08. The average molecular weight is 307 g/mol. The van der Waals surface area contributed by atoms with Gasteiger partial charge in [-0.15, -0.1) is 0 Å². The van der Waals surface area contributed by atoms with E-state index in [1.54, 1.807) is 24.5 Å². The molecule has 6 nitrogen and oxygen atoms in total. The quantitative estimate of drug-likeness (QED) is 0.691. The summed E-state index contributed by atoms with van der Waals surface area (Å²) in [6, 6.07) is 14.7. The molecule has 0 saturated heterocycles. The molecule has 0 aliphatic heterocycles. The van der Waals surface area contributed by atoms with Crippen molar-refractivity contribution < 1.29 is 4.79 Å². The Bertz CT molecular complexity index is 770. The Balaban J connectivity index is 1.63. The lowest BCUT2D eigenvalue weighted by Crippen LogP contribution is -2.31. The number of H-pyrrole nitrogens is 1. The van der Waals surface area contributed by atoms with Gasteiger partial charge in [0, 0.05) is 6.20 Å². The van der Waals surface area contributed by atoms with Crippen LogP contribution in [0.3, 0.4) is 0 Å². The van der Waals surface area contributed by atoms with Gasteiger partial charge in [-0.3, -0.25) is 5.32 Å². The molecule has 0 radical (unpaired) electrons. The minimum Gasteiger partial charge on any atom is -0.340 e. The Kier molecular flexibility index (Phi) is 4.33. The maximum absolute atomic E-state index is 12.0. The third-order valence-electron chi connectivity index (χ3n) is 3.34. The maximum Gasteiger partial charge on any atom is 0.320 e. The molecule has 1 aromatic carbocycles. The van der Waals surface area contributed by atoms with Crippen LogP contribution in [0.5, 0.6) is 0 Å². The highest BCUT2D eigenvalue weighted by molar-refractivity contribution is 5.88. The molecule has 0 spiro atoms. The number of benzene rings is 1. The summed E-state index contributed by atoms with van der Waals surface area (Å²) in [4.78, 5) is 23.6. The van der Waals surface area contributed by atoms with Gasteiger partial charge in [-0.05, 0) is 24.6 Å². The Morgan fingerprint density at radius 2 is 1.87 bits per heavy atom. The van der Waals surface area contributed by atoms with E-state index in [9.17, 15) is 4.79 Å². The SMILES string of the molecule is CC(NC(=O)Nc1ccccn1)c1ncc(-c2ccccc2)[nH]1. The van der Waals surface area contributed by atoms with Crippen molar-refractivity contribution in [1.82, 2.24) is 20.3 Å². The van der Waals surface area contributed by atoms with Crippen LogP contribution in [0.4, 0.5) is 10.6 Å². The van der Waals surface area contributed by atoms with Crippen LogP contribution in [0.1, 0.15) is 18.8 Å². The molecule has 1 atom stereocenters. The minimum absolute atomic E-state index is 0.254. The zero-order valence-corrected chi connectivity index (χ0v) is 12.7. The summed E-state index contributed by atoms with van der Waals surface area (Å²) >= 11 is 0. The van der Waals surface area contributed by atoms with E-state index < -0.39 is 0 Å². The van der Waals surface area contributed by atoms with Gasteiger partial charge >= 0.3 is 6.03 Å². The average Bonchev–Trinajstić information content (AvgIpc) is 3.06. The van der Waals surface area contributed by atoms with Crippen LogP contribution in [-0.2, 0) is 0 Å². The summed E-state index contributed by atoms with van der Waals surface area (Å²) < 4.78 is 0. The first kappa shape index (κ1) is 14.8. The van der Waals surface area contributed by atoms with Gasteiger partial charge in [-0.2, -0.15) is 0 Å². The van der Waals surface area contributed by atoms with E-state index in [0.717, 1.165) is 11.3 Å². The van der Waals surface area contributed by atoms with E-state index in [2.05, 4.69) is 25.6 Å². The van der Waals surface area contributed by atoms with Crippen LogP contribution in [0.25, 0.3) is 11.3 Å². The first-order chi connectivity index (χ1) is 11.2. The molecule has 6 heteroatoms. The summed E-state index contributed by atoms with van der Waals surface area (Å²) in [5, 5.41) is 5.50. The predicted molar refractivity (Wildman–Crippen MR) is 88.8 cm³/mol. The molecule has 116 valence electrons. The Labute approximate surface area is 134 Å². The van der Waals surface area contributed by atoms with Gasteiger partial charge < -0.3 is 10.3 Å². The van der Waals surface area contributed by atoms with Crippen LogP contribution in [0.2, 0.25) is 0 Å². The lowest BCUT2D eigenvalue weighted by molar-refractivity contribution is 0.249. The topological polar surface area (TPSA) is 82.7 Å². The van der Waals surface area contributed by atoms with Crippen molar-refractivity contribution in [3.63, 3.8) is 0 Å². The summed E-state index contributed by atoms with van der Waals surface area (Å²) in [6.45, 7) is 1.87. The fraction of sp³-hybridized carbons (Fsp3) is 0.118. The second kappa shape index (κ2) is 6.74.